The predicted octanol–water partition coefficient (Wildman–Crippen LogP) is 3.04. The minimum Gasteiger partial charge on any atom is -0.454 e. The summed E-state index contributed by atoms with van der Waals surface area (Å²) in [6.45, 7) is 2.02. The Morgan fingerprint density at radius 3 is 2.60 bits per heavy atom. The van der Waals surface area contributed by atoms with Crippen LogP contribution < -0.4 is 14.8 Å². The van der Waals surface area contributed by atoms with Crippen LogP contribution in [0.4, 0.5) is 4.79 Å². The average Bonchev–Trinajstić information content (AvgIpc) is 3.15. The molecule has 0 saturated carbocycles. The number of carbonyl (C=O) groups excluding carboxylic acids is 2. The van der Waals surface area contributed by atoms with E-state index in [4.69, 9.17) is 21.1 Å². The van der Waals surface area contributed by atoms with Gasteiger partial charge in [-0.2, -0.15) is 0 Å². The first-order valence-corrected chi connectivity index (χ1v) is 8.14. The van der Waals surface area contributed by atoms with E-state index >= 15 is 0 Å². The van der Waals surface area contributed by atoms with Crippen molar-refractivity contribution in [2.24, 2.45) is 0 Å². The second kappa shape index (κ2) is 5.67. The first kappa shape index (κ1) is 15.8. The van der Waals surface area contributed by atoms with Crippen molar-refractivity contribution in [3.05, 3.63) is 58.6 Å². The van der Waals surface area contributed by atoms with Crippen molar-refractivity contribution in [1.29, 1.82) is 0 Å². The maximum absolute atomic E-state index is 13.0. The van der Waals surface area contributed by atoms with Crippen molar-refractivity contribution in [3.63, 3.8) is 0 Å². The Bertz CT molecular complexity index is 868. The summed E-state index contributed by atoms with van der Waals surface area (Å²) in [5, 5.41) is 3.39. The standard InChI is InChI=1S/C18H15ClN2O4/c1-18(12-4-7-14-15(8-12)25-10-24-14)16(22)21(17(23)20-18)9-11-2-5-13(19)6-3-11/h2-8H,9-10H2,1H3,(H,20,23). The smallest absolute Gasteiger partial charge is 0.325 e. The number of benzene rings is 2. The maximum atomic E-state index is 13.0. The third kappa shape index (κ3) is 2.59. The number of ether oxygens (including phenoxy) is 2. The average molecular weight is 359 g/mol. The Hall–Kier alpha value is -2.73. The lowest BCUT2D eigenvalue weighted by Crippen LogP contribution is -2.40. The SMILES string of the molecule is CC1(c2ccc3c(c2)OCO3)NC(=O)N(Cc2ccc(Cl)cc2)C1=O. The highest BCUT2D eigenvalue weighted by atomic mass is 35.5. The molecule has 4 rings (SSSR count). The zero-order chi connectivity index (χ0) is 17.6. The fourth-order valence-electron chi connectivity index (χ4n) is 3.02. The number of hydrogen-bond donors (Lipinski definition) is 1. The summed E-state index contributed by atoms with van der Waals surface area (Å²) in [7, 11) is 0. The van der Waals surface area contributed by atoms with E-state index in [1.54, 1.807) is 49.4 Å². The second-order valence-electron chi connectivity index (χ2n) is 6.14. The molecule has 1 fully saturated rings. The molecule has 7 heteroatoms. The van der Waals surface area contributed by atoms with Gasteiger partial charge in [-0.25, -0.2) is 4.79 Å². The van der Waals surface area contributed by atoms with Gasteiger partial charge in [-0.3, -0.25) is 9.69 Å². The molecular formula is C18H15ClN2O4. The monoisotopic (exact) mass is 358 g/mol. The minimum atomic E-state index is -1.15. The van der Waals surface area contributed by atoms with E-state index in [1.165, 1.54) is 4.90 Å². The summed E-state index contributed by atoms with van der Waals surface area (Å²) < 4.78 is 10.7. The molecule has 1 saturated heterocycles. The molecule has 2 aliphatic rings. The Morgan fingerprint density at radius 1 is 1.12 bits per heavy atom. The van der Waals surface area contributed by atoms with Crippen LogP contribution in [0.3, 0.4) is 0 Å². The van der Waals surface area contributed by atoms with Crippen LogP contribution in [0.25, 0.3) is 0 Å². The van der Waals surface area contributed by atoms with Crippen LogP contribution in [0.5, 0.6) is 11.5 Å². The van der Waals surface area contributed by atoms with E-state index in [0.717, 1.165) is 5.56 Å². The van der Waals surface area contributed by atoms with Gasteiger partial charge in [-0.05, 0) is 42.3 Å². The number of nitrogens with one attached hydrogen (secondary N) is 1. The van der Waals surface area contributed by atoms with Crippen molar-refractivity contribution in [3.8, 4) is 11.5 Å². The van der Waals surface area contributed by atoms with Crippen molar-refractivity contribution >= 4 is 23.5 Å². The molecule has 1 N–H and O–H groups in total. The van der Waals surface area contributed by atoms with Gasteiger partial charge in [-0.1, -0.05) is 29.8 Å². The van der Waals surface area contributed by atoms with Crippen LogP contribution in [-0.4, -0.2) is 23.6 Å². The Morgan fingerprint density at radius 2 is 1.84 bits per heavy atom. The normalized spacial score (nSPS) is 21.6. The predicted molar refractivity (Wildman–Crippen MR) is 90.5 cm³/mol. The van der Waals surface area contributed by atoms with E-state index in [2.05, 4.69) is 5.32 Å². The molecule has 6 nitrogen and oxygen atoms in total. The number of amides is 3. The number of halogens is 1. The largest absolute Gasteiger partial charge is 0.454 e. The quantitative estimate of drug-likeness (QED) is 0.856. The Balaban J connectivity index is 1.62. The first-order valence-electron chi connectivity index (χ1n) is 7.76. The van der Waals surface area contributed by atoms with Gasteiger partial charge in [0.2, 0.25) is 6.79 Å². The van der Waals surface area contributed by atoms with Gasteiger partial charge in [0.15, 0.2) is 11.5 Å². The van der Waals surface area contributed by atoms with E-state index in [0.29, 0.717) is 22.1 Å². The molecule has 1 atom stereocenters. The summed E-state index contributed by atoms with van der Waals surface area (Å²) >= 11 is 5.88. The molecular weight excluding hydrogens is 344 g/mol. The summed E-state index contributed by atoms with van der Waals surface area (Å²) in [6.07, 6.45) is 0. The van der Waals surface area contributed by atoms with Crippen molar-refractivity contribution in [2.45, 2.75) is 19.0 Å². The zero-order valence-electron chi connectivity index (χ0n) is 13.4. The number of nitrogens with zero attached hydrogens (tertiary/aromatic N) is 1. The molecule has 2 aromatic carbocycles. The van der Waals surface area contributed by atoms with E-state index in [-0.39, 0.29) is 19.2 Å². The lowest BCUT2D eigenvalue weighted by atomic mass is 9.91. The molecule has 0 radical (unpaired) electrons. The number of urea groups is 1. The van der Waals surface area contributed by atoms with E-state index < -0.39 is 11.6 Å². The molecule has 128 valence electrons. The second-order valence-corrected chi connectivity index (χ2v) is 6.58. The van der Waals surface area contributed by atoms with Gasteiger partial charge in [0.1, 0.15) is 5.54 Å². The topological polar surface area (TPSA) is 67.9 Å². The molecule has 2 heterocycles. The zero-order valence-corrected chi connectivity index (χ0v) is 14.2. The van der Waals surface area contributed by atoms with E-state index in [9.17, 15) is 9.59 Å². The summed E-state index contributed by atoms with van der Waals surface area (Å²) in [5.74, 6) is 0.880. The number of rotatable bonds is 3. The van der Waals surface area contributed by atoms with Crippen LogP contribution in [0.15, 0.2) is 42.5 Å². The summed E-state index contributed by atoms with van der Waals surface area (Å²) in [6, 6.07) is 11.8. The highest BCUT2D eigenvalue weighted by Crippen LogP contribution is 2.38. The van der Waals surface area contributed by atoms with E-state index in [1.807, 2.05) is 0 Å². The highest BCUT2D eigenvalue weighted by molar-refractivity contribution is 6.30. The molecule has 0 spiro atoms. The van der Waals surface area contributed by atoms with Crippen molar-refractivity contribution in [2.75, 3.05) is 6.79 Å². The molecule has 1 unspecified atom stereocenters. The fraction of sp³-hybridized carbons (Fsp3) is 0.222. The molecule has 2 aromatic rings. The summed E-state index contributed by atoms with van der Waals surface area (Å²) in [5.41, 5.74) is 0.321. The molecule has 0 bridgehead atoms. The van der Waals surface area contributed by atoms with Crippen LogP contribution in [0.1, 0.15) is 18.1 Å². The van der Waals surface area contributed by atoms with Crippen LogP contribution in [0.2, 0.25) is 5.02 Å². The lowest BCUT2D eigenvalue weighted by molar-refractivity contribution is -0.131. The van der Waals surface area contributed by atoms with Gasteiger partial charge < -0.3 is 14.8 Å². The number of carbonyl (C=O) groups is 2. The van der Waals surface area contributed by atoms with Crippen LogP contribution >= 0.6 is 11.6 Å². The van der Waals surface area contributed by atoms with Gasteiger partial charge in [0, 0.05) is 5.02 Å². The number of imide groups is 1. The van der Waals surface area contributed by atoms with Crippen LogP contribution in [-0.2, 0) is 16.9 Å². The van der Waals surface area contributed by atoms with Gasteiger partial charge in [0.05, 0.1) is 6.54 Å². The molecule has 3 amide bonds. The first-order chi connectivity index (χ1) is 12.0. The Kier molecular flexibility index (Phi) is 3.58. The lowest BCUT2D eigenvalue weighted by Gasteiger charge is -2.22. The summed E-state index contributed by atoms with van der Waals surface area (Å²) in [4.78, 5) is 26.5. The number of hydrogen-bond acceptors (Lipinski definition) is 4. The minimum absolute atomic E-state index is 0.151. The number of fused-ring (bicyclic) bond motifs is 1. The maximum Gasteiger partial charge on any atom is 0.325 e. The molecule has 0 aromatic heterocycles. The van der Waals surface area contributed by atoms with Gasteiger partial charge in [0.25, 0.3) is 5.91 Å². The van der Waals surface area contributed by atoms with Crippen molar-refractivity contribution in [1.82, 2.24) is 10.2 Å². The highest BCUT2D eigenvalue weighted by Gasteiger charge is 2.49. The van der Waals surface area contributed by atoms with Gasteiger partial charge in [-0.15, -0.1) is 0 Å². The molecule has 0 aliphatic carbocycles. The fourth-order valence-corrected chi connectivity index (χ4v) is 3.14. The molecule has 2 aliphatic heterocycles. The third-order valence-corrected chi connectivity index (χ3v) is 4.73. The third-order valence-electron chi connectivity index (χ3n) is 4.48. The molecule has 25 heavy (non-hydrogen) atoms. The van der Waals surface area contributed by atoms with Crippen molar-refractivity contribution < 1.29 is 19.1 Å². The van der Waals surface area contributed by atoms with Crippen LogP contribution in [0, 0.1) is 0 Å². The van der Waals surface area contributed by atoms with Gasteiger partial charge >= 0.3 is 6.03 Å². The Labute approximate surface area is 149 Å².